The fourth-order valence-corrected chi connectivity index (χ4v) is 4.73. The number of aliphatic carboxylic acids is 1. The standard InChI is InChI=1S/C25H48NO7P/c1-3-4-5-6-7-8-9-10-11-12-13-14-15-16-17-19-23(27)32-20-18-21-34(30,31)33-22(2)24(26)25(28)29/h10-11,22,24H,3-9,12-21,26H2,1-2H3,(H,28,29)(H,30,31)/b11-10-/t22-,24-/m0/s1. The molecule has 0 heterocycles. The molecule has 0 saturated carbocycles. The summed E-state index contributed by atoms with van der Waals surface area (Å²) >= 11 is 0. The molecule has 8 nitrogen and oxygen atoms in total. The molecule has 3 atom stereocenters. The van der Waals surface area contributed by atoms with Gasteiger partial charge in [0.15, 0.2) is 0 Å². The number of allylic oxidation sites excluding steroid dienone is 2. The van der Waals surface area contributed by atoms with Crippen molar-refractivity contribution in [2.24, 2.45) is 5.73 Å². The number of carboxylic acids is 1. The Morgan fingerprint density at radius 1 is 0.912 bits per heavy atom. The fourth-order valence-electron chi connectivity index (χ4n) is 3.44. The van der Waals surface area contributed by atoms with Gasteiger partial charge < -0.3 is 25.0 Å². The maximum atomic E-state index is 12.0. The second kappa shape index (κ2) is 21.1. The average Bonchev–Trinajstić information content (AvgIpc) is 2.78. The summed E-state index contributed by atoms with van der Waals surface area (Å²) in [5.41, 5.74) is 5.36. The van der Waals surface area contributed by atoms with E-state index >= 15 is 0 Å². The van der Waals surface area contributed by atoms with E-state index in [0.29, 0.717) is 6.42 Å². The minimum Gasteiger partial charge on any atom is -0.480 e. The van der Waals surface area contributed by atoms with E-state index in [9.17, 15) is 19.0 Å². The summed E-state index contributed by atoms with van der Waals surface area (Å²) in [6.07, 6.45) is 19.3. The molecule has 4 N–H and O–H groups in total. The predicted octanol–water partition coefficient (Wildman–Crippen LogP) is 5.96. The highest BCUT2D eigenvalue weighted by Gasteiger charge is 2.29. The molecule has 0 aliphatic carbocycles. The number of hydrogen-bond donors (Lipinski definition) is 3. The molecule has 0 amide bonds. The van der Waals surface area contributed by atoms with Gasteiger partial charge in [-0.05, 0) is 45.4 Å². The third kappa shape index (κ3) is 20.2. The maximum Gasteiger partial charge on any atom is 0.328 e. The lowest BCUT2D eigenvalue weighted by atomic mass is 10.1. The number of carbonyl (C=O) groups is 2. The van der Waals surface area contributed by atoms with E-state index in [1.807, 2.05) is 0 Å². The van der Waals surface area contributed by atoms with Crippen LogP contribution in [-0.4, -0.2) is 46.9 Å². The monoisotopic (exact) mass is 505 g/mol. The number of nitrogens with two attached hydrogens (primary N) is 1. The van der Waals surface area contributed by atoms with E-state index < -0.39 is 25.7 Å². The molecule has 0 saturated heterocycles. The Kier molecular flexibility index (Phi) is 20.4. The first-order valence-corrected chi connectivity index (χ1v) is 14.7. The molecule has 0 aliphatic heterocycles. The maximum absolute atomic E-state index is 12.0. The largest absolute Gasteiger partial charge is 0.480 e. The summed E-state index contributed by atoms with van der Waals surface area (Å²) in [7, 11) is -4.00. The van der Waals surface area contributed by atoms with Crippen LogP contribution in [0.5, 0.6) is 0 Å². The molecule has 0 fully saturated rings. The van der Waals surface area contributed by atoms with Gasteiger partial charge in [0, 0.05) is 6.42 Å². The van der Waals surface area contributed by atoms with Gasteiger partial charge in [-0.25, -0.2) is 0 Å². The van der Waals surface area contributed by atoms with Crippen molar-refractivity contribution in [2.75, 3.05) is 12.8 Å². The van der Waals surface area contributed by atoms with Crippen LogP contribution in [0, 0.1) is 0 Å². The van der Waals surface area contributed by atoms with Gasteiger partial charge in [0.1, 0.15) is 6.04 Å². The second-order valence-corrected chi connectivity index (χ2v) is 10.9. The molecule has 9 heteroatoms. The number of hydrogen-bond acceptors (Lipinski definition) is 6. The van der Waals surface area contributed by atoms with Crippen LogP contribution < -0.4 is 5.73 Å². The Morgan fingerprint density at radius 2 is 1.44 bits per heavy atom. The van der Waals surface area contributed by atoms with Crippen molar-refractivity contribution >= 4 is 19.5 Å². The molecule has 0 aromatic rings. The summed E-state index contributed by atoms with van der Waals surface area (Å²) in [5.74, 6) is -1.62. The van der Waals surface area contributed by atoms with E-state index in [0.717, 1.165) is 32.1 Å². The number of ether oxygens (including phenoxy) is 1. The Balaban J connectivity index is 3.58. The Bertz CT molecular complexity index is 612. The van der Waals surface area contributed by atoms with Gasteiger partial charge in [-0.2, -0.15) is 0 Å². The van der Waals surface area contributed by atoms with Crippen LogP contribution in [0.25, 0.3) is 0 Å². The second-order valence-electron chi connectivity index (χ2n) is 8.94. The van der Waals surface area contributed by atoms with Crippen LogP contribution in [0.4, 0.5) is 0 Å². The van der Waals surface area contributed by atoms with E-state index in [1.54, 1.807) is 0 Å². The molecule has 34 heavy (non-hydrogen) atoms. The van der Waals surface area contributed by atoms with E-state index in [1.165, 1.54) is 58.3 Å². The molecule has 0 rings (SSSR count). The molecular weight excluding hydrogens is 457 g/mol. The van der Waals surface area contributed by atoms with Crippen molar-refractivity contribution in [3.8, 4) is 0 Å². The van der Waals surface area contributed by atoms with E-state index in [-0.39, 0.29) is 25.2 Å². The minimum atomic E-state index is -4.00. The van der Waals surface area contributed by atoms with Gasteiger partial charge in [-0.3, -0.25) is 14.2 Å². The smallest absolute Gasteiger partial charge is 0.328 e. The Hall–Kier alpha value is -1.21. The van der Waals surface area contributed by atoms with Gasteiger partial charge in [0.2, 0.25) is 0 Å². The number of esters is 1. The average molecular weight is 506 g/mol. The molecule has 200 valence electrons. The van der Waals surface area contributed by atoms with Crippen molar-refractivity contribution in [3.63, 3.8) is 0 Å². The van der Waals surface area contributed by atoms with Crippen molar-refractivity contribution in [1.29, 1.82) is 0 Å². The fraction of sp³-hybridized carbons (Fsp3) is 0.840. The van der Waals surface area contributed by atoms with Crippen LogP contribution in [0.15, 0.2) is 12.2 Å². The van der Waals surface area contributed by atoms with Crippen molar-refractivity contribution in [1.82, 2.24) is 0 Å². The zero-order valence-corrected chi connectivity index (χ0v) is 22.2. The number of carboxylic acid groups (broad SMARTS) is 1. The third-order valence-corrected chi connectivity index (χ3v) is 7.16. The van der Waals surface area contributed by atoms with Gasteiger partial charge in [0.05, 0.1) is 18.9 Å². The topological polar surface area (TPSA) is 136 Å². The zero-order chi connectivity index (χ0) is 25.7. The van der Waals surface area contributed by atoms with Crippen LogP contribution in [0.3, 0.4) is 0 Å². The van der Waals surface area contributed by atoms with Crippen LogP contribution in [0.1, 0.15) is 110 Å². The molecule has 0 spiro atoms. The first-order chi connectivity index (χ1) is 16.2. The van der Waals surface area contributed by atoms with Crippen molar-refractivity contribution < 1.29 is 33.4 Å². The molecule has 1 unspecified atom stereocenters. The SMILES string of the molecule is CCCCCCCC/C=C\CCCCCCCC(=O)OCCCP(=O)(O)O[C@@H](C)[C@H](N)C(=O)O. The zero-order valence-electron chi connectivity index (χ0n) is 21.3. The minimum absolute atomic E-state index is 0.0250. The molecule has 0 aromatic carbocycles. The summed E-state index contributed by atoms with van der Waals surface area (Å²) < 4.78 is 21.9. The van der Waals surface area contributed by atoms with Gasteiger partial charge >= 0.3 is 19.5 Å². The summed E-state index contributed by atoms with van der Waals surface area (Å²) in [6.45, 7) is 3.60. The van der Waals surface area contributed by atoms with Crippen molar-refractivity contribution in [2.45, 2.75) is 122 Å². The quantitative estimate of drug-likeness (QED) is 0.0670. The number of rotatable bonds is 23. The summed E-state index contributed by atoms with van der Waals surface area (Å²) in [4.78, 5) is 32.3. The Labute approximate surface area is 206 Å². The lowest BCUT2D eigenvalue weighted by Crippen LogP contribution is -2.41. The van der Waals surface area contributed by atoms with E-state index in [2.05, 4.69) is 19.1 Å². The van der Waals surface area contributed by atoms with Crippen molar-refractivity contribution in [3.05, 3.63) is 12.2 Å². The molecule has 0 aromatic heterocycles. The number of unbranched alkanes of at least 4 members (excludes halogenated alkanes) is 11. The third-order valence-electron chi connectivity index (χ3n) is 5.61. The number of carbonyl (C=O) groups excluding carboxylic acids is 1. The molecule has 0 bridgehead atoms. The summed E-state index contributed by atoms with van der Waals surface area (Å²) in [5, 5.41) is 8.79. The highest BCUT2D eigenvalue weighted by molar-refractivity contribution is 7.52. The first-order valence-electron chi connectivity index (χ1n) is 13.0. The summed E-state index contributed by atoms with van der Waals surface area (Å²) in [6, 6.07) is -1.38. The van der Waals surface area contributed by atoms with Gasteiger partial charge in [-0.1, -0.05) is 70.4 Å². The lowest BCUT2D eigenvalue weighted by Gasteiger charge is -2.20. The molecular formula is C25H48NO7P. The molecule has 0 aliphatic rings. The lowest BCUT2D eigenvalue weighted by molar-refractivity contribution is -0.144. The van der Waals surface area contributed by atoms with Crippen LogP contribution in [0.2, 0.25) is 0 Å². The molecule has 0 radical (unpaired) electrons. The normalized spacial score (nSPS) is 15.2. The van der Waals surface area contributed by atoms with Gasteiger partial charge in [0.25, 0.3) is 0 Å². The first kappa shape index (κ1) is 32.8. The van der Waals surface area contributed by atoms with Gasteiger partial charge in [-0.15, -0.1) is 0 Å². The van der Waals surface area contributed by atoms with Crippen LogP contribution in [-0.2, 0) is 23.4 Å². The van der Waals surface area contributed by atoms with Crippen LogP contribution >= 0.6 is 7.60 Å². The highest BCUT2D eigenvalue weighted by Crippen LogP contribution is 2.44. The van der Waals surface area contributed by atoms with E-state index in [4.69, 9.17) is 20.1 Å². The highest BCUT2D eigenvalue weighted by atomic mass is 31.2. The predicted molar refractivity (Wildman–Crippen MR) is 136 cm³/mol. The Morgan fingerprint density at radius 3 is 2.00 bits per heavy atom.